The Morgan fingerprint density at radius 3 is 2.14 bits per heavy atom. The van der Waals surface area contributed by atoms with E-state index in [1.165, 1.54) is 16.9 Å². The van der Waals surface area contributed by atoms with Crippen molar-refractivity contribution in [3.63, 3.8) is 0 Å². The predicted molar refractivity (Wildman–Crippen MR) is 30.8 cm³/mol. The van der Waals surface area contributed by atoms with Crippen molar-refractivity contribution < 1.29 is 10.2 Å². The molecule has 3 unspecified atom stereocenters. The van der Waals surface area contributed by atoms with Crippen molar-refractivity contribution in [1.29, 1.82) is 0 Å². The zero-order valence-electron chi connectivity index (χ0n) is 4.33. The van der Waals surface area contributed by atoms with E-state index >= 15 is 0 Å². The second-order valence-corrected chi connectivity index (χ2v) is 3.08. The molecule has 2 N–H and O–H groups in total. The molecule has 0 fully saturated rings. The average molecular weight is 166 g/mol. The zero-order valence-corrected chi connectivity index (χ0v) is 6.76. The van der Waals surface area contributed by atoms with Gasteiger partial charge < -0.3 is 0 Å². The van der Waals surface area contributed by atoms with Gasteiger partial charge in [0.1, 0.15) is 0 Å². The first-order valence-corrected chi connectivity index (χ1v) is 3.63. The van der Waals surface area contributed by atoms with Crippen molar-refractivity contribution in [2.24, 2.45) is 5.92 Å². The van der Waals surface area contributed by atoms with Gasteiger partial charge in [-0.15, -0.1) is 0 Å². The standard InChI is InChI=1S/C4H11AsO2/c1-3(2-6)4(5)7/h3-4,6-7H,2,5H2,1H3. The molecule has 3 atom stereocenters. The third-order valence-electron chi connectivity index (χ3n) is 0.871. The van der Waals surface area contributed by atoms with E-state index in [4.69, 9.17) is 10.2 Å². The Morgan fingerprint density at radius 2 is 2.14 bits per heavy atom. The van der Waals surface area contributed by atoms with E-state index in [2.05, 4.69) is 0 Å². The first-order chi connectivity index (χ1) is 3.18. The van der Waals surface area contributed by atoms with Crippen LogP contribution in [-0.4, -0.2) is 38.6 Å². The first-order valence-electron chi connectivity index (χ1n) is 2.23. The molecule has 0 aliphatic heterocycles. The van der Waals surface area contributed by atoms with Crippen LogP contribution in [0, 0.1) is 5.92 Å². The number of hydrogen-bond acceptors (Lipinski definition) is 2. The summed E-state index contributed by atoms with van der Waals surface area (Å²) in [6.45, 7) is 1.89. The molecule has 0 heterocycles. The van der Waals surface area contributed by atoms with Gasteiger partial charge in [-0.05, 0) is 0 Å². The molecule has 0 radical (unpaired) electrons. The molecule has 0 aromatic heterocycles. The molecule has 3 heteroatoms. The summed E-state index contributed by atoms with van der Waals surface area (Å²) in [5.41, 5.74) is 0. The van der Waals surface area contributed by atoms with Crippen molar-refractivity contribution in [2.45, 2.75) is 11.8 Å². The predicted octanol–water partition coefficient (Wildman–Crippen LogP) is -1.43. The summed E-state index contributed by atoms with van der Waals surface area (Å²) in [6, 6.07) is 0. The van der Waals surface area contributed by atoms with Gasteiger partial charge in [0.25, 0.3) is 0 Å². The van der Waals surface area contributed by atoms with Gasteiger partial charge in [0.05, 0.1) is 0 Å². The van der Waals surface area contributed by atoms with Crippen LogP contribution in [0.2, 0.25) is 0 Å². The van der Waals surface area contributed by atoms with E-state index < -0.39 is 0 Å². The minimum atomic E-state index is -0.322. The second kappa shape index (κ2) is 3.48. The fraction of sp³-hybridized carbons (Fsp3) is 1.00. The Kier molecular flexibility index (Phi) is 3.71. The van der Waals surface area contributed by atoms with E-state index in [9.17, 15) is 0 Å². The quantitative estimate of drug-likeness (QED) is 0.493. The van der Waals surface area contributed by atoms with Crippen molar-refractivity contribution in [3.05, 3.63) is 0 Å². The minimum absolute atomic E-state index is 0.0417. The Bertz CT molecular complexity index is 47.0. The van der Waals surface area contributed by atoms with Crippen molar-refractivity contribution in [3.8, 4) is 0 Å². The molecule has 0 amide bonds. The van der Waals surface area contributed by atoms with Crippen molar-refractivity contribution in [2.75, 3.05) is 6.61 Å². The molecule has 0 spiro atoms. The van der Waals surface area contributed by atoms with E-state index in [1.807, 2.05) is 6.92 Å². The van der Waals surface area contributed by atoms with Crippen molar-refractivity contribution in [1.82, 2.24) is 0 Å². The Morgan fingerprint density at radius 1 is 1.71 bits per heavy atom. The van der Waals surface area contributed by atoms with Gasteiger partial charge in [-0.2, -0.15) is 0 Å². The Labute approximate surface area is 52.0 Å². The van der Waals surface area contributed by atoms with E-state index in [1.54, 1.807) is 0 Å². The van der Waals surface area contributed by atoms with Crippen LogP contribution < -0.4 is 0 Å². The summed E-state index contributed by atoms with van der Waals surface area (Å²) in [5, 5.41) is 17.0. The average Bonchev–Trinajstić information content (AvgIpc) is 1.65. The summed E-state index contributed by atoms with van der Waals surface area (Å²) in [4.78, 5) is -0.322. The SMILES string of the molecule is CC(CO)C(O)[AsH2]. The van der Waals surface area contributed by atoms with Crippen LogP contribution >= 0.6 is 0 Å². The number of aliphatic hydroxyl groups excluding tert-OH is 2. The van der Waals surface area contributed by atoms with E-state index in [0.29, 0.717) is 0 Å². The normalized spacial score (nSPS) is 18.9. The fourth-order valence-electron chi connectivity index (χ4n) is 0.108. The summed E-state index contributed by atoms with van der Waals surface area (Å²) in [5.74, 6) is 0.0417. The second-order valence-electron chi connectivity index (χ2n) is 1.65. The van der Waals surface area contributed by atoms with E-state index in [0.717, 1.165) is 0 Å². The molecule has 0 aliphatic rings. The molecule has 0 bridgehead atoms. The van der Waals surface area contributed by atoms with Crippen LogP contribution in [0.1, 0.15) is 6.92 Å². The maximum absolute atomic E-state index is 8.69. The molecular formula is C4H11AsO2. The fourth-order valence-corrected chi connectivity index (χ4v) is 0.363. The van der Waals surface area contributed by atoms with Crippen LogP contribution in [-0.2, 0) is 0 Å². The van der Waals surface area contributed by atoms with E-state index in [-0.39, 0.29) is 17.4 Å². The van der Waals surface area contributed by atoms with Gasteiger partial charge in [-0.3, -0.25) is 0 Å². The van der Waals surface area contributed by atoms with Gasteiger partial charge in [0.15, 0.2) is 0 Å². The molecular weight excluding hydrogens is 155 g/mol. The summed E-state index contributed by atoms with van der Waals surface area (Å²) in [7, 11) is 0. The number of hydrogen-bond donors (Lipinski definition) is 2. The molecule has 0 saturated heterocycles. The van der Waals surface area contributed by atoms with Gasteiger partial charge in [-0.25, -0.2) is 0 Å². The van der Waals surface area contributed by atoms with Gasteiger partial charge >= 0.3 is 51.4 Å². The zero-order chi connectivity index (χ0) is 5.86. The van der Waals surface area contributed by atoms with Gasteiger partial charge in [-0.1, -0.05) is 0 Å². The maximum atomic E-state index is 8.69. The molecule has 0 saturated carbocycles. The molecule has 0 aliphatic carbocycles. The third kappa shape index (κ3) is 3.10. The summed E-state index contributed by atoms with van der Waals surface area (Å²) < 4.78 is 0. The number of aliphatic hydroxyl groups is 2. The summed E-state index contributed by atoms with van der Waals surface area (Å²) >= 11 is 1.26. The topological polar surface area (TPSA) is 40.5 Å². The molecule has 0 aromatic rings. The van der Waals surface area contributed by atoms with Crippen molar-refractivity contribution >= 4 is 16.9 Å². The monoisotopic (exact) mass is 166 g/mol. The van der Waals surface area contributed by atoms with Crippen LogP contribution in [0.3, 0.4) is 0 Å². The molecule has 7 heavy (non-hydrogen) atoms. The molecule has 0 rings (SSSR count). The van der Waals surface area contributed by atoms with Crippen LogP contribution in [0.5, 0.6) is 0 Å². The summed E-state index contributed by atoms with van der Waals surface area (Å²) in [6.07, 6.45) is 0. The Balaban J connectivity index is 3.14. The Hall–Kier alpha value is 0.478. The third-order valence-corrected chi connectivity index (χ3v) is 2.25. The van der Waals surface area contributed by atoms with Crippen LogP contribution in [0.15, 0.2) is 0 Å². The van der Waals surface area contributed by atoms with Gasteiger partial charge in [0.2, 0.25) is 0 Å². The molecule has 0 aromatic carbocycles. The number of rotatable bonds is 2. The van der Waals surface area contributed by atoms with Crippen LogP contribution in [0.25, 0.3) is 0 Å². The molecule has 2 nitrogen and oxygen atoms in total. The van der Waals surface area contributed by atoms with Gasteiger partial charge in [0, 0.05) is 0 Å². The first kappa shape index (κ1) is 7.48. The molecule has 44 valence electrons. The van der Waals surface area contributed by atoms with Crippen LogP contribution in [0.4, 0.5) is 0 Å².